The lowest BCUT2D eigenvalue weighted by molar-refractivity contribution is -0.0498. The molecule has 0 radical (unpaired) electrons. The highest BCUT2D eigenvalue weighted by Crippen LogP contribution is 2.15. The van der Waals surface area contributed by atoms with Gasteiger partial charge in [-0.25, -0.2) is 0 Å². The van der Waals surface area contributed by atoms with Crippen molar-refractivity contribution in [2.45, 2.75) is 13.0 Å². The topological polar surface area (TPSA) is 38.3 Å². The van der Waals surface area contributed by atoms with Crippen LogP contribution in [0.15, 0.2) is 41.8 Å². The zero-order valence-corrected chi connectivity index (χ0v) is 11.3. The SMILES string of the molecule is O=C(NCCc1ccc(OC(F)F)cc1)c1cccs1. The van der Waals surface area contributed by atoms with Crippen LogP contribution in [0.4, 0.5) is 8.78 Å². The van der Waals surface area contributed by atoms with Gasteiger partial charge in [-0.1, -0.05) is 18.2 Å². The molecule has 3 nitrogen and oxygen atoms in total. The van der Waals surface area contributed by atoms with E-state index < -0.39 is 6.61 Å². The highest BCUT2D eigenvalue weighted by molar-refractivity contribution is 7.12. The average molecular weight is 297 g/mol. The van der Waals surface area contributed by atoms with Crippen LogP contribution >= 0.6 is 11.3 Å². The van der Waals surface area contributed by atoms with Gasteiger partial charge >= 0.3 is 6.61 Å². The fourth-order valence-electron chi connectivity index (χ4n) is 1.65. The van der Waals surface area contributed by atoms with Crippen LogP contribution in [-0.4, -0.2) is 19.1 Å². The Labute approximate surface area is 119 Å². The van der Waals surface area contributed by atoms with Gasteiger partial charge in [0.2, 0.25) is 0 Å². The smallest absolute Gasteiger partial charge is 0.387 e. The number of amides is 1. The first kappa shape index (κ1) is 14.5. The molecule has 0 fully saturated rings. The maximum absolute atomic E-state index is 12.0. The molecule has 0 saturated heterocycles. The zero-order chi connectivity index (χ0) is 14.4. The van der Waals surface area contributed by atoms with Crippen molar-refractivity contribution in [1.29, 1.82) is 0 Å². The molecular weight excluding hydrogens is 284 g/mol. The number of ether oxygens (including phenoxy) is 1. The van der Waals surface area contributed by atoms with E-state index in [1.54, 1.807) is 18.2 Å². The summed E-state index contributed by atoms with van der Waals surface area (Å²) in [5.74, 6) is 0.0315. The standard InChI is InChI=1S/C14H13F2NO2S/c15-14(16)19-11-5-3-10(4-6-11)7-8-17-13(18)12-2-1-9-20-12/h1-6,9,14H,7-8H2,(H,17,18). The molecule has 0 aliphatic carbocycles. The molecule has 0 bridgehead atoms. The summed E-state index contributed by atoms with van der Waals surface area (Å²) in [6, 6.07) is 9.97. The number of rotatable bonds is 6. The molecule has 0 aliphatic rings. The Hall–Kier alpha value is -1.95. The normalized spacial score (nSPS) is 10.6. The van der Waals surface area contributed by atoms with Crippen molar-refractivity contribution < 1.29 is 18.3 Å². The van der Waals surface area contributed by atoms with Gasteiger partial charge in [-0.2, -0.15) is 8.78 Å². The van der Waals surface area contributed by atoms with Gasteiger partial charge in [-0.3, -0.25) is 4.79 Å². The number of benzene rings is 1. The number of alkyl halides is 2. The molecule has 1 amide bonds. The van der Waals surface area contributed by atoms with Gasteiger partial charge < -0.3 is 10.1 Å². The number of hydrogen-bond acceptors (Lipinski definition) is 3. The molecule has 0 atom stereocenters. The van der Waals surface area contributed by atoms with Crippen LogP contribution in [0.1, 0.15) is 15.2 Å². The Kier molecular flexibility index (Phi) is 5.06. The third-order valence-electron chi connectivity index (χ3n) is 2.59. The lowest BCUT2D eigenvalue weighted by Gasteiger charge is -2.06. The zero-order valence-electron chi connectivity index (χ0n) is 10.5. The van der Waals surface area contributed by atoms with Crippen molar-refractivity contribution in [3.8, 4) is 5.75 Å². The lowest BCUT2D eigenvalue weighted by atomic mass is 10.1. The number of nitrogens with one attached hydrogen (secondary N) is 1. The quantitative estimate of drug-likeness (QED) is 0.888. The number of hydrogen-bond donors (Lipinski definition) is 1. The molecule has 1 aromatic heterocycles. The van der Waals surface area contributed by atoms with Crippen LogP contribution in [0.25, 0.3) is 0 Å². The summed E-state index contributed by atoms with van der Waals surface area (Å²) in [7, 11) is 0. The summed E-state index contributed by atoms with van der Waals surface area (Å²) in [5, 5.41) is 4.64. The maximum atomic E-state index is 12.0. The van der Waals surface area contributed by atoms with E-state index >= 15 is 0 Å². The van der Waals surface area contributed by atoms with Crippen molar-refractivity contribution in [1.82, 2.24) is 5.32 Å². The molecule has 1 heterocycles. The van der Waals surface area contributed by atoms with E-state index in [-0.39, 0.29) is 11.7 Å². The van der Waals surface area contributed by atoms with E-state index in [0.717, 1.165) is 5.56 Å². The minimum atomic E-state index is -2.81. The van der Waals surface area contributed by atoms with E-state index in [9.17, 15) is 13.6 Å². The molecule has 1 aromatic carbocycles. The predicted octanol–water partition coefficient (Wildman–Crippen LogP) is 3.32. The van der Waals surface area contributed by atoms with Gasteiger partial charge in [0, 0.05) is 6.54 Å². The molecular formula is C14H13F2NO2S. The Balaban J connectivity index is 1.78. The summed E-state index contributed by atoms with van der Waals surface area (Å²) < 4.78 is 28.2. The second-order valence-electron chi connectivity index (χ2n) is 4.01. The number of carbonyl (C=O) groups excluding carboxylic acids is 1. The molecule has 0 unspecified atom stereocenters. The first-order valence-corrected chi connectivity index (χ1v) is 6.88. The van der Waals surface area contributed by atoms with Gasteiger partial charge in [0.25, 0.3) is 5.91 Å². The molecule has 106 valence electrons. The van der Waals surface area contributed by atoms with Gasteiger partial charge in [0.05, 0.1) is 4.88 Å². The molecule has 6 heteroatoms. The summed E-state index contributed by atoms with van der Waals surface area (Å²) in [5.41, 5.74) is 0.943. The molecule has 0 spiro atoms. The Bertz CT molecular complexity index is 541. The van der Waals surface area contributed by atoms with E-state index in [2.05, 4.69) is 10.1 Å². The van der Waals surface area contributed by atoms with Gasteiger partial charge in [0.15, 0.2) is 0 Å². The monoisotopic (exact) mass is 297 g/mol. The summed E-state index contributed by atoms with van der Waals surface area (Å²) in [6.45, 7) is -2.32. The molecule has 1 N–H and O–H groups in total. The van der Waals surface area contributed by atoms with Crippen LogP contribution in [0, 0.1) is 0 Å². The molecule has 20 heavy (non-hydrogen) atoms. The van der Waals surface area contributed by atoms with Gasteiger partial charge in [-0.15, -0.1) is 11.3 Å². The summed E-state index contributed by atoms with van der Waals surface area (Å²) >= 11 is 1.39. The van der Waals surface area contributed by atoms with Gasteiger partial charge in [0.1, 0.15) is 5.75 Å². The molecule has 2 aromatic rings. The fraction of sp³-hybridized carbons (Fsp3) is 0.214. The van der Waals surface area contributed by atoms with Crippen LogP contribution in [0.5, 0.6) is 5.75 Å². The van der Waals surface area contributed by atoms with E-state index in [1.807, 2.05) is 11.4 Å². The predicted molar refractivity (Wildman–Crippen MR) is 73.4 cm³/mol. The van der Waals surface area contributed by atoms with Crippen molar-refractivity contribution in [2.75, 3.05) is 6.54 Å². The second kappa shape index (κ2) is 7.00. The first-order chi connectivity index (χ1) is 9.65. The largest absolute Gasteiger partial charge is 0.435 e. The van der Waals surface area contributed by atoms with Crippen molar-refractivity contribution in [2.24, 2.45) is 0 Å². The highest BCUT2D eigenvalue weighted by atomic mass is 32.1. The first-order valence-electron chi connectivity index (χ1n) is 6.00. The van der Waals surface area contributed by atoms with Crippen LogP contribution < -0.4 is 10.1 Å². The fourth-order valence-corrected chi connectivity index (χ4v) is 2.29. The van der Waals surface area contributed by atoms with Crippen molar-refractivity contribution in [3.63, 3.8) is 0 Å². The van der Waals surface area contributed by atoms with Gasteiger partial charge in [-0.05, 0) is 35.6 Å². The molecule has 2 rings (SSSR count). The van der Waals surface area contributed by atoms with E-state index in [0.29, 0.717) is 17.8 Å². The minimum absolute atomic E-state index is 0.0994. The second-order valence-corrected chi connectivity index (χ2v) is 4.95. The summed E-state index contributed by atoms with van der Waals surface area (Å²) in [6.07, 6.45) is 0.631. The van der Waals surface area contributed by atoms with Crippen LogP contribution in [0.2, 0.25) is 0 Å². The third-order valence-corrected chi connectivity index (χ3v) is 3.46. The number of carbonyl (C=O) groups is 1. The average Bonchev–Trinajstić information content (AvgIpc) is 2.94. The van der Waals surface area contributed by atoms with Crippen molar-refractivity contribution >= 4 is 17.2 Å². The lowest BCUT2D eigenvalue weighted by Crippen LogP contribution is -2.24. The Morgan fingerprint density at radius 2 is 2.00 bits per heavy atom. The van der Waals surface area contributed by atoms with Crippen LogP contribution in [-0.2, 0) is 6.42 Å². The van der Waals surface area contributed by atoms with Crippen molar-refractivity contribution in [3.05, 3.63) is 52.2 Å². The maximum Gasteiger partial charge on any atom is 0.387 e. The Morgan fingerprint density at radius 1 is 1.25 bits per heavy atom. The van der Waals surface area contributed by atoms with E-state index in [4.69, 9.17) is 0 Å². The molecule has 0 saturated carbocycles. The van der Waals surface area contributed by atoms with E-state index in [1.165, 1.54) is 23.5 Å². The minimum Gasteiger partial charge on any atom is -0.435 e. The highest BCUT2D eigenvalue weighted by Gasteiger charge is 2.06. The van der Waals surface area contributed by atoms with Crippen LogP contribution in [0.3, 0.4) is 0 Å². The number of thiophene rings is 1. The summed E-state index contributed by atoms with van der Waals surface area (Å²) in [4.78, 5) is 12.3. The Morgan fingerprint density at radius 3 is 2.60 bits per heavy atom. The molecule has 0 aliphatic heterocycles. The number of halogens is 2. The third kappa shape index (κ3) is 4.31.